The van der Waals surface area contributed by atoms with E-state index in [4.69, 9.17) is 0 Å². The van der Waals surface area contributed by atoms with Crippen molar-refractivity contribution in [2.75, 3.05) is 0 Å². The van der Waals surface area contributed by atoms with Gasteiger partial charge in [-0.2, -0.15) is 0 Å². The summed E-state index contributed by atoms with van der Waals surface area (Å²) in [6, 6.07) is 1.39. The van der Waals surface area contributed by atoms with Crippen molar-refractivity contribution < 1.29 is 9.72 Å². The zero-order valence-corrected chi connectivity index (χ0v) is 9.56. The van der Waals surface area contributed by atoms with Gasteiger partial charge in [0.2, 0.25) is 0 Å². The minimum atomic E-state index is -0.451. The molecule has 1 aromatic rings. The molecule has 0 spiro atoms. The minimum Gasteiger partial charge on any atom is -0.299 e. The molecule has 5 nitrogen and oxygen atoms in total. The number of hydrogen-bond acceptors (Lipinski definition) is 4. The topological polar surface area (TPSA) is 73.1 Å². The molecule has 16 heavy (non-hydrogen) atoms. The second kappa shape index (κ2) is 4.83. The molecular formula is C11H14N2O3. The van der Waals surface area contributed by atoms with Crippen LogP contribution in [0.25, 0.3) is 0 Å². The van der Waals surface area contributed by atoms with Crippen molar-refractivity contribution in [3.05, 3.63) is 33.6 Å². The maximum atomic E-state index is 11.3. The van der Waals surface area contributed by atoms with Gasteiger partial charge in [0, 0.05) is 17.8 Å². The molecule has 1 rings (SSSR count). The second-order valence-electron chi connectivity index (χ2n) is 3.72. The molecule has 1 unspecified atom stereocenters. The molecule has 0 bridgehead atoms. The fourth-order valence-corrected chi connectivity index (χ4v) is 1.62. The minimum absolute atomic E-state index is 0.0182. The molecule has 0 aliphatic carbocycles. The van der Waals surface area contributed by atoms with E-state index < -0.39 is 4.92 Å². The molecule has 1 aromatic heterocycles. The van der Waals surface area contributed by atoms with Gasteiger partial charge in [-0.15, -0.1) is 0 Å². The SMILES string of the molecule is CCC(C(C)=O)c1cc([N+](=O)[O-])c(C)cn1. The molecule has 0 amide bonds. The van der Waals surface area contributed by atoms with E-state index in [0.29, 0.717) is 17.7 Å². The third kappa shape index (κ3) is 2.42. The summed E-state index contributed by atoms with van der Waals surface area (Å²) in [5.41, 5.74) is 1.00. The van der Waals surface area contributed by atoms with Gasteiger partial charge in [-0.3, -0.25) is 19.9 Å². The number of ketones is 1. The largest absolute Gasteiger partial charge is 0.299 e. The highest BCUT2D eigenvalue weighted by Crippen LogP contribution is 2.24. The molecule has 0 aliphatic heterocycles. The van der Waals surface area contributed by atoms with Crippen LogP contribution in [-0.4, -0.2) is 15.7 Å². The molecule has 0 fully saturated rings. The number of nitro groups is 1. The van der Waals surface area contributed by atoms with Crippen LogP contribution in [-0.2, 0) is 4.79 Å². The van der Waals surface area contributed by atoms with Gasteiger partial charge in [0.25, 0.3) is 5.69 Å². The van der Waals surface area contributed by atoms with Gasteiger partial charge in [-0.1, -0.05) is 6.92 Å². The van der Waals surface area contributed by atoms with Crippen LogP contribution in [0.2, 0.25) is 0 Å². The fraction of sp³-hybridized carbons (Fsp3) is 0.455. The highest BCUT2D eigenvalue weighted by Gasteiger charge is 2.20. The summed E-state index contributed by atoms with van der Waals surface area (Å²) in [6.45, 7) is 4.96. The fourth-order valence-electron chi connectivity index (χ4n) is 1.62. The van der Waals surface area contributed by atoms with E-state index in [2.05, 4.69) is 4.98 Å². The average Bonchev–Trinajstić information content (AvgIpc) is 2.20. The predicted molar refractivity (Wildman–Crippen MR) is 59.3 cm³/mol. The Kier molecular flexibility index (Phi) is 3.71. The number of pyridine rings is 1. The summed E-state index contributed by atoms with van der Waals surface area (Å²) in [5, 5.41) is 10.7. The van der Waals surface area contributed by atoms with Crippen molar-refractivity contribution in [2.45, 2.75) is 33.1 Å². The lowest BCUT2D eigenvalue weighted by molar-refractivity contribution is -0.385. The molecule has 0 aliphatic rings. The number of aryl methyl sites for hydroxylation is 1. The molecule has 1 heterocycles. The monoisotopic (exact) mass is 222 g/mol. The maximum Gasteiger partial charge on any atom is 0.275 e. The first-order valence-electron chi connectivity index (χ1n) is 5.08. The van der Waals surface area contributed by atoms with Gasteiger partial charge in [0.1, 0.15) is 5.78 Å². The second-order valence-corrected chi connectivity index (χ2v) is 3.72. The normalized spacial score (nSPS) is 12.2. The number of Topliss-reactive ketones (excluding diaryl/α,β-unsaturated/α-hetero) is 1. The van der Waals surface area contributed by atoms with Gasteiger partial charge in [0.15, 0.2) is 0 Å². The van der Waals surface area contributed by atoms with Crippen LogP contribution in [0.4, 0.5) is 5.69 Å². The molecule has 0 radical (unpaired) electrons. The summed E-state index contributed by atoms with van der Waals surface area (Å²) in [5.74, 6) is -0.368. The highest BCUT2D eigenvalue weighted by atomic mass is 16.6. The molecule has 0 saturated heterocycles. The van der Waals surface area contributed by atoms with Crippen molar-refractivity contribution in [1.29, 1.82) is 0 Å². The zero-order valence-electron chi connectivity index (χ0n) is 9.56. The summed E-state index contributed by atoms with van der Waals surface area (Å²) in [7, 11) is 0. The summed E-state index contributed by atoms with van der Waals surface area (Å²) < 4.78 is 0. The van der Waals surface area contributed by atoms with E-state index >= 15 is 0 Å². The van der Waals surface area contributed by atoms with Gasteiger partial charge in [-0.25, -0.2) is 0 Å². The van der Waals surface area contributed by atoms with Crippen molar-refractivity contribution in [3.63, 3.8) is 0 Å². The molecular weight excluding hydrogens is 208 g/mol. The Balaban J connectivity index is 3.21. The molecule has 1 atom stereocenters. The number of carbonyl (C=O) groups is 1. The lowest BCUT2D eigenvalue weighted by Crippen LogP contribution is -2.10. The van der Waals surface area contributed by atoms with Crippen molar-refractivity contribution in [2.24, 2.45) is 0 Å². The Labute approximate surface area is 93.7 Å². The van der Waals surface area contributed by atoms with Crippen molar-refractivity contribution >= 4 is 11.5 Å². The lowest BCUT2D eigenvalue weighted by atomic mass is 9.97. The van der Waals surface area contributed by atoms with Crippen molar-refractivity contribution in [1.82, 2.24) is 4.98 Å². The van der Waals surface area contributed by atoms with E-state index in [9.17, 15) is 14.9 Å². The Bertz CT molecular complexity index is 429. The zero-order chi connectivity index (χ0) is 12.3. The van der Waals surface area contributed by atoms with Crippen LogP contribution < -0.4 is 0 Å². The third-order valence-corrected chi connectivity index (χ3v) is 2.55. The first-order chi connectivity index (χ1) is 7.47. The Morgan fingerprint density at radius 2 is 2.25 bits per heavy atom. The standard InChI is InChI=1S/C11H14N2O3/c1-4-9(8(3)14)10-5-11(13(15)16)7(2)6-12-10/h5-6,9H,4H2,1-3H3. The quantitative estimate of drug-likeness (QED) is 0.579. The van der Waals surface area contributed by atoms with Crippen LogP contribution >= 0.6 is 0 Å². The van der Waals surface area contributed by atoms with Gasteiger partial charge < -0.3 is 0 Å². The van der Waals surface area contributed by atoms with E-state index in [0.717, 1.165) is 0 Å². The van der Waals surface area contributed by atoms with Crippen LogP contribution in [0, 0.1) is 17.0 Å². The Morgan fingerprint density at radius 1 is 1.62 bits per heavy atom. The molecule has 0 aromatic carbocycles. The molecule has 86 valence electrons. The average molecular weight is 222 g/mol. The molecule has 0 saturated carbocycles. The third-order valence-electron chi connectivity index (χ3n) is 2.55. The van der Waals surface area contributed by atoms with Crippen molar-refractivity contribution in [3.8, 4) is 0 Å². The number of aromatic nitrogens is 1. The molecule has 0 N–H and O–H groups in total. The first kappa shape index (κ1) is 12.3. The van der Waals surface area contributed by atoms with Gasteiger partial charge >= 0.3 is 0 Å². The number of rotatable bonds is 4. The van der Waals surface area contributed by atoms with Gasteiger partial charge in [0.05, 0.1) is 16.5 Å². The summed E-state index contributed by atoms with van der Waals surface area (Å²) >= 11 is 0. The van der Waals surface area contributed by atoms with E-state index in [1.165, 1.54) is 19.2 Å². The van der Waals surface area contributed by atoms with E-state index in [1.807, 2.05) is 6.92 Å². The highest BCUT2D eigenvalue weighted by molar-refractivity contribution is 5.83. The van der Waals surface area contributed by atoms with Crippen LogP contribution in [0.5, 0.6) is 0 Å². The number of carbonyl (C=O) groups excluding carboxylic acids is 1. The van der Waals surface area contributed by atoms with Crippen LogP contribution in [0.3, 0.4) is 0 Å². The van der Waals surface area contributed by atoms with Gasteiger partial charge in [-0.05, 0) is 20.3 Å². The lowest BCUT2D eigenvalue weighted by Gasteiger charge is -2.10. The van der Waals surface area contributed by atoms with E-state index in [1.54, 1.807) is 6.92 Å². The summed E-state index contributed by atoms with van der Waals surface area (Å²) in [4.78, 5) is 25.7. The first-order valence-corrected chi connectivity index (χ1v) is 5.08. The maximum absolute atomic E-state index is 11.3. The molecule has 5 heteroatoms. The number of nitrogens with zero attached hydrogens (tertiary/aromatic N) is 2. The van der Waals surface area contributed by atoms with Crippen LogP contribution in [0.15, 0.2) is 12.3 Å². The number of hydrogen-bond donors (Lipinski definition) is 0. The smallest absolute Gasteiger partial charge is 0.275 e. The predicted octanol–water partition coefficient (Wildman–Crippen LogP) is 2.38. The Morgan fingerprint density at radius 3 is 2.69 bits per heavy atom. The van der Waals surface area contributed by atoms with E-state index in [-0.39, 0.29) is 17.4 Å². The summed E-state index contributed by atoms with van der Waals surface area (Å²) in [6.07, 6.45) is 2.04. The Hall–Kier alpha value is -1.78. The van der Waals surface area contributed by atoms with Crippen LogP contribution in [0.1, 0.15) is 37.4 Å².